The van der Waals surface area contributed by atoms with Crippen LogP contribution in [0.4, 0.5) is 11.4 Å². The van der Waals surface area contributed by atoms with Gasteiger partial charge in [0.05, 0.1) is 18.5 Å². The Labute approximate surface area is 196 Å². The molecule has 0 radical (unpaired) electrons. The van der Waals surface area contributed by atoms with Crippen LogP contribution in [0.3, 0.4) is 0 Å². The third-order valence-electron chi connectivity index (χ3n) is 5.42. The number of hydrogen-bond acceptors (Lipinski definition) is 3. The predicted molar refractivity (Wildman–Crippen MR) is 141 cm³/mol. The highest BCUT2D eigenvalue weighted by molar-refractivity contribution is 6.35. The third kappa shape index (κ3) is 5.58. The second kappa shape index (κ2) is 10.5. The maximum absolute atomic E-state index is 5.33. The third-order valence-corrected chi connectivity index (χ3v) is 5.42. The van der Waals surface area contributed by atoms with Crippen molar-refractivity contribution in [2.75, 3.05) is 26.1 Å². The highest BCUT2D eigenvalue weighted by Crippen LogP contribution is 2.28. The normalized spacial score (nSPS) is 11.8. The lowest BCUT2D eigenvalue weighted by Crippen LogP contribution is -2.08. The van der Waals surface area contributed by atoms with E-state index in [2.05, 4.69) is 95.9 Å². The van der Waals surface area contributed by atoms with E-state index in [0.29, 0.717) is 0 Å². The van der Waals surface area contributed by atoms with E-state index >= 15 is 0 Å². The van der Waals surface area contributed by atoms with Crippen LogP contribution in [0.25, 0.3) is 11.6 Å². The molecule has 4 rings (SSSR count). The van der Waals surface area contributed by atoms with E-state index in [1.165, 1.54) is 0 Å². The molecule has 4 aromatic rings. The Balaban J connectivity index is 1.88. The first-order chi connectivity index (χ1) is 16.1. The molecule has 0 unspecified atom stereocenters. The van der Waals surface area contributed by atoms with Gasteiger partial charge in [0.25, 0.3) is 0 Å². The number of nitrogens with zero attached hydrogens (tertiary/aromatic N) is 2. The van der Waals surface area contributed by atoms with E-state index < -0.39 is 0 Å². The maximum Gasteiger partial charge on any atom is 0.118 e. The van der Waals surface area contributed by atoms with Crippen molar-refractivity contribution >= 4 is 28.7 Å². The van der Waals surface area contributed by atoms with Crippen LogP contribution in [0.5, 0.6) is 5.75 Å². The van der Waals surface area contributed by atoms with Crippen LogP contribution in [0, 0.1) is 0 Å². The van der Waals surface area contributed by atoms with Gasteiger partial charge in [0.1, 0.15) is 5.75 Å². The number of anilines is 1. The lowest BCUT2D eigenvalue weighted by molar-refractivity contribution is 0.415. The number of methoxy groups -OCH3 is 1. The minimum absolute atomic E-state index is 0.839. The summed E-state index contributed by atoms with van der Waals surface area (Å²) in [5, 5.41) is 0. The molecule has 0 atom stereocenters. The molecule has 164 valence electrons. The molecule has 0 amide bonds. The highest BCUT2D eigenvalue weighted by atomic mass is 16.5. The van der Waals surface area contributed by atoms with Crippen molar-refractivity contribution in [2.24, 2.45) is 4.99 Å². The Bertz CT molecular complexity index is 1220. The summed E-state index contributed by atoms with van der Waals surface area (Å²) < 4.78 is 5.33. The standard InChI is InChI=1S/C30H28N2O/c1-32(2)27-18-16-26(17-19-27)31-30(25-12-8-5-9-13-25)29(24-10-6-4-7-11-24)22-23-14-20-28(33-3)21-15-23/h4-22H,1-3H3/b29-22+,31-30?. The summed E-state index contributed by atoms with van der Waals surface area (Å²) in [6.07, 6.45) is 2.19. The van der Waals surface area contributed by atoms with Gasteiger partial charge in [0.15, 0.2) is 0 Å². The zero-order valence-corrected chi connectivity index (χ0v) is 19.3. The zero-order chi connectivity index (χ0) is 23.0. The SMILES string of the molecule is COc1ccc(/C=C(/C(=Nc2ccc(N(C)C)cc2)c2ccccc2)c2ccccc2)cc1. The van der Waals surface area contributed by atoms with Gasteiger partial charge in [0.2, 0.25) is 0 Å². The molecule has 0 aromatic heterocycles. The van der Waals surface area contributed by atoms with Crippen LogP contribution in [0.2, 0.25) is 0 Å². The molecule has 3 heteroatoms. The number of hydrogen-bond donors (Lipinski definition) is 0. The van der Waals surface area contributed by atoms with E-state index in [9.17, 15) is 0 Å². The molecule has 0 N–H and O–H groups in total. The van der Waals surface area contributed by atoms with Crippen LogP contribution in [0.15, 0.2) is 114 Å². The summed E-state index contributed by atoms with van der Waals surface area (Å²) in [6, 6.07) is 37.2. The first-order valence-electron chi connectivity index (χ1n) is 11.0. The van der Waals surface area contributed by atoms with Crippen molar-refractivity contribution in [3.05, 3.63) is 126 Å². The molecule has 0 aliphatic carbocycles. The number of rotatable bonds is 7. The van der Waals surface area contributed by atoms with Gasteiger partial charge in [-0.3, -0.25) is 0 Å². The van der Waals surface area contributed by atoms with Crippen LogP contribution in [-0.2, 0) is 0 Å². The van der Waals surface area contributed by atoms with Gasteiger partial charge in [-0.2, -0.15) is 0 Å². The first kappa shape index (κ1) is 22.1. The van der Waals surface area contributed by atoms with E-state index in [1.54, 1.807) is 7.11 Å². The Kier molecular flexibility index (Phi) is 7.01. The van der Waals surface area contributed by atoms with Gasteiger partial charge in [-0.1, -0.05) is 72.8 Å². The molecule has 4 aromatic carbocycles. The van der Waals surface area contributed by atoms with E-state index in [4.69, 9.17) is 9.73 Å². The fourth-order valence-corrected chi connectivity index (χ4v) is 3.60. The van der Waals surface area contributed by atoms with Crippen LogP contribution < -0.4 is 9.64 Å². The van der Waals surface area contributed by atoms with E-state index in [-0.39, 0.29) is 0 Å². The fourth-order valence-electron chi connectivity index (χ4n) is 3.60. The average Bonchev–Trinajstić information content (AvgIpc) is 2.88. The van der Waals surface area contributed by atoms with Gasteiger partial charge >= 0.3 is 0 Å². The van der Waals surface area contributed by atoms with Gasteiger partial charge in [-0.05, 0) is 53.6 Å². The predicted octanol–water partition coefficient (Wildman–Crippen LogP) is 7.12. The van der Waals surface area contributed by atoms with Crippen LogP contribution >= 0.6 is 0 Å². The summed E-state index contributed by atoms with van der Waals surface area (Å²) in [7, 11) is 5.76. The number of aliphatic imine (C=N–C) groups is 1. The quantitative estimate of drug-likeness (QED) is 0.229. The van der Waals surface area contributed by atoms with Gasteiger partial charge in [0, 0.05) is 30.9 Å². The van der Waals surface area contributed by atoms with Gasteiger partial charge < -0.3 is 9.64 Å². The molecule has 0 spiro atoms. The molecular formula is C30H28N2O. The van der Waals surface area contributed by atoms with Gasteiger partial charge in [-0.25, -0.2) is 4.99 Å². The average molecular weight is 433 g/mol. The van der Waals surface area contributed by atoms with Crippen molar-refractivity contribution < 1.29 is 4.74 Å². The highest BCUT2D eigenvalue weighted by Gasteiger charge is 2.13. The number of benzene rings is 4. The van der Waals surface area contributed by atoms with Crippen molar-refractivity contribution in [3.63, 3.8) is 0 Å². The minimum Gasteiger partial charge on any atom is -0.497 e. The molecule has 0 bridgehead atoms. The van der Waals surface area contributed by atoms with Crippen LogP contribution in [-0.4, -0.2) is 26.9 Å². The molecule has 0 fully saturated rings. The zero-order valence-electron chi connectivity index (χ0n) is 19.3. The molecular weight excluding hydrogens is 404 g/mol. The summed E-state index contributed by atoms with van der Waals surface area (Å²) in [4.78, 5) is 7.23. The lowest BCUT2D eigenvalue weighted by atomic mass is 9.93. The van der Waals surface area contributed by atoms with E-state index in [0.717, 1.165) is 45.1 Å². The fraction of sp³-hybridized carbons (Fsp3) is 0.100. The molecule has 0 aliphatic rings. The lowest BCUT2D eigenvalue weighted by Gasteiger charge is -2.15. The molecule has 3 nitrogen and oxygen atoms in total. The Morgan fingerprint density at radius 3 is 1.82 bits per heavy atom. The summed E-state index contributed by atoms with van der Waals surface area (Å²) in [6.45, 7) is 0. The Morgan fingerprint density at radius 1 is 0.697 bits per heavy atom. The van der Waals surface area contributed by atoms with Crippen molar-refractivity contribution in [2.45, 2.75) is 0 Å². The molecule has 33 heavy (non-hydrogen) atoms. The van der Waals surface area contributed by atoms with Crippen molar-refractivity contribution in [3.8, 4) is 5.75 Å². The number of ether oxygens (including phenoxy) is 1. The van der Waals surface area contributed by atoms with Gasteiger partial charge in [-0.15, -0.1) is 0 Å². The molecule has 0 saturated heterocycles. The number of allylic oxidation sites excluding steroid dienone is 1. The van der Waals surface area contributed by atoms with E-state index in [1.807, 2.05) is 38.4 Å². The monoisotopic (exact) mass is 432 g/mol. The molecule has 0 saturated carbocycles. The summed E-state index contributed by atoms with van der Waals surface area (Å²) in [5.41, 5.74) is 7.31. The Morgan fingerprint density at radius 2 is 1.27 bits per heavy atom. The van der Waals surface area contributed by atoms with Crippen molar-refractivity contribution in [1.82, 2.24) is 0 Å². The second-order valence-electron chi connectivity index (χ2n) is 7.93. The second-order valence-corrected chi connectivity index (χ2v) is 7.93. The Hall–Kier alpha value is -4.11. The molecule has 0 aliphatic heterocycles. The van der Waals surface area contributed by atoms with Crippen LogP contribution in [0.1, 0.15) is 16.7 Å². The smallest absolute Gasteiger partial charge is 0.118 e. The first-order valence-corrected chi connectivity index (χ1v) is 11.0. The summed E-state index contributed by atoms with van der Waals surface area (Å²) in [5.74, 6) is 0.839. The minimum atomic E-state index is 0.839. The topological polar surface area (TPSA) is 24.8 Å². The largest absolute Gasteiger partial charge is 0.497 e. The summed E-state index contributed by atoms with van der Waals surface area (Å²) >= 11 is 0. The molecule has 0 heterocycles. The van der Waals surface area contributed by atoms with Crippen molar-refractivity contribution in [1.29, 1.82) is 0 Å². The maximum atomic E-state index is 5.33.